The van der Waals surface area contributed by atoms with Crippen molar-refractivity contribution in [2.45, 2.75) is 27.2 Å². The zero-order valence-electron chi connectivity index (χ0n) is 24.6. The quantitative estimate of drug-likeness (QED) is 0.205. The van der Waals surface area contributed by atoms with Crippen LogP contribution in [-0.4, -0.2) is 19.6 Å². The third-order valence-corrected chi connectivity index (χ3v) is 7.99. The number of fused-ring (bicyclic) bond motifs is 2. The van der Waals surface area contributed by atoms with Crippen molar-refractivity contribution in [3.8, 4) is 44.8 Å². The van der Waals surface area contributed by atoms with Crippen LogP contribution in [0.1, 0.15) is 30.2 Å². The third-order valence-electron chi connectivity index (χ3n) is 7.99. The molecule has 208 valence electrons. The molecule has 0 fully saturated rings. The molecule has 4 heteroatoms. The minimum Gasteiger partial charge on any atom is -0.253 e. The van der Waals surface area contributed by atoms with E-state index in [4.69, 9.17) is 15.1 Å². The molecule has 0 aliphatic heterocycles. The Labute approximate surface area is 252 Å². The van der Waals surface area contributed by atoms with Gasteiger partial charge in [-0.1, -0.05) is 110 Å². The molecule has 0 N–H and O–H groups in total. The molecule has 0 atom stereocenters. The summed E-state index contributed by atoms with van der Waals surface area (Å²) in [5.41, 5.74) is 13.0. The molecule has 0 spiro atoms. The van der Waals surface area contributed by atoms with E-state index in [1.165, 1.54) is 16.7 Å². The van der Waals surface area contributed by atoms with Gasteiger partial charge in [0.1, 0.15) is 0 Å². The highest BCUT2D eigenvalue weighted by Gasteiger charge is 2.16. The van der Waals surface area contributed by atoms with Gasteiger partial charge in [0.15, 0.2) is 11.5 Å². The van der Waals surface area contributed by atoms with Gasteiger partial charge in [-0.3, -0.25) is 4.98 Å². The number of benzene rings is 4. The van der Waals surface area contributed by atoms with Crippen LogP contribution in [-0.2, 0) is 0 Å². The lowest BCUT2D eigenvalue weighted by atomic mass is 9.95. The Kier molecular flexibility index (Phi) is 6.88. The third kappa shape index (κ3) is 5.02. The van der Waals surface area contributed by atoms with Gasteiger partial charge in [0.05, 0.1) is 5.52 Å². The first-order chi connectivity index (χ1) is 21.1. The van der Waals surface area contributed by atoms with Gasteiger partial charge in [0.25, 0.3) is 0 Å². The molecule has 3 aromatic heterocycles. The highest BCUT2D eigenvalue weighted by Crippen LogP contribution is 2.35. The number of pyridine rings is 2. The summed E-state index contributed by atoms with van der Waals surface area (Å²) >= 11 is 0. The lowest BCUT2D eigenvalue weighted by Crippen LogP contribution is -1.94. The first-order valence-electron chi connectivity index (χ1n) is 14.8. The fourth-order valence-electron chi connectivity index (χ4n) is 5.79. The number of aryl methyl sites for hydroxylation is 2. The maximum absolute atomic E-state index is 5.09. The number of rotatable bonds is 6. The summed E-state index contributed by atoms with van der Waals surface area (Å²) in [6, 6.07) is 38.2. The van der Waals surface area contributed by atoms with Crippen molar-refractivity contribution in [1.82, 2.24) is 19.6 Å². The smallest absolute Gasteiger partial charge is 0.182 e. The summed E-state index contributed by atoms with van der Waals surface area (Å²) in [6.07, 6.45) is 7.47. The van der Waals surface area contributed by atoms with Crippen molar-refractivity contribution in [3.05, 3.63) is 138 Å². The SMILES string of the molecule is CC/C=C\c1ccc2c(-c3cccc(-c4nc5c(-c6ccccc6)cc(-c6ccccc6)cn5n4)c3)cc(C)nc2c1C. The zero-order chi connectivity index (χ0) is 29.3. The summed E-state index contributed by atoms with van der Waals surface area (Å²) in [5, 5.41) is 6.16. The maximum atomic E-state index is 5.09. The second-order valence-electron chi connectivity index (χ2n) is 11.0. The summed E-state index contributed by atoms with van der Waals surface area (Å²) in [7, 11) is 0. The molecular weight excluding hydrogens is 524 g/mol. The standard InChI is InChI=1S/C39H32N4/c1-4-5-13-28-20-21-34-35(22-26(2)40-37(34)27(28)3)31-18-12-19-32(23-31)38-41-39-36(30-16-10-7-11-17-30)24-33(25-43(39)42-38)29-14-8-6-9-15-29/h5-25H,4H2,1-3H3/b13-5-. The highest BCUT2D eigenvalue weighted by atomic mass is 15.3. The fourth-order valence-corrected chi connectivity index (χ4v) is 5.79. The van der Waals surface area contributed by atoms with E-state index in [-0.39, 0.29) is 0 Å². The lowest BCUT2D eigenvalue weighted by molar-refractivity contribution is 0.968. The number of hydrogen-bond donors (Lipinski definition) is 0. The van der Waals surface area contributed by atoms with Crippen LogP contribution in [0.4, 0.5) is 0 Å². The second-order valence-corrected chi connectivity index (χ2v) is 11.0. The predicted molar refractivity (Wildman–Crippen MR) is 179 cm³/mol. The molecule has 3 heterocycles. The maximum Gasteiger partial charge on any atom is 0.182 e. The molecule has 0 amide bonds. The summed E-state index contributed by atoms with van der Waals surface area (Å²) in [6.45, 7) is 6.39. The molecule has 0 unspecified atom stereocenters. The van der Waals surface area contributed by atoms with E-state index < -0.39 is 0 Å². The van der Waals surface area contributed by atoms with Crippen LogP contribution in [0.5, 0.6) is 0 Å². The molecule has 4 nitrogen and oxygen atoms in total. The van der Waals surface area contributed by atoms with E-state index in [0.717, 1.165) is 62.0 Å². The van der Waals surface area contributed by atoms with Crippen LogP contribution in [0.15, 0.2) is 121 Å². The molecule has 43 heavy (non-hydrogen) atoms. The van der Waals surface area contributed by atoms with Crippen molar-refractivity contribution in [2.24, 2.45) is 0 Å². The Morgan fingerprint density at radius 2 is 1.37 bits per heavy atom. The monoisotopic (exact) mass is 556 g/mol. The molecular formula is C39H32N4. The molecule has 0 saturated carbocycles. The van der Waals surface area contributed by atoms with Gasteiger partial charge < -0.3 is 0 Å². The van der Waals surface area contributed by atoms with Gasteiger partial charge in [-0.25, -0.2) is 9.50 Å². The summed E-state index contributed by atoms with van der Waals surface area (Å²) in [4.78, 5) is 10.0. The normalized spacial score (nSPS) is 11.6. The zero-order valence-corrected chi connectivity index (χ0v) is 24.6. The minimum atomic E-state index is 0.697. The van der Waals surface area contributed by atoms with Gasteiger partial charge in [0.2, 0.25) is 0 Å². The van der Waals surface area contributed by atoms with E-state index in [2.05, 4.69) is 136 Å². The lowest BCUT2D eigenvalue weighted by Gasteiger charge is -2.12. The summed E-state index contributed by atoms with van der Waals surface area (Å²) < 4.78 is 1.92. The van der Waals surface area contributed by atoms with Crippen molar-refractivity contribution in [2.75, 3.05) is 0 Å². The van der Waals surface area contributed by atoms with Crippen molar-refractivity contribution in [1.29, 1.82) is 0 Å². The second kappa shape index (κ2) is 11.1. The van der Waals surface area contributed by atoms with E-state index in [0.29, 0.717) is 5.82 Å². The van der Waals surface area contributed by atoms with Crippen LogP contribution in [0, 0.1) is 13.8 Å². The number of nitrogens with zero attached hydrogens (tertiary/aromatic N) is 4. The van der Waals surface area contributed by atoms with E-state index in [1.54, 1.807) is 0 Å². The Balaban J connectivity index is 1.37. The average Bonchev–Trinajstić information content (AvgIpc) is 3.49. The van der Waals surface area contributed by atoms with E-state index in [1.807, 2.05) is 16.6 Å². The molecule has 0 bridgehead atoms. The van der Waals surface area contributed by atoms with Crippen LogP contribution in [0.3, 0.4) is 0 Å². The highest BCUT2D eigenvalue weighted by molar-refractivity contribution is 5.98. The number of allylic oxidation sites excluding steroid dienone is 1. The topological polar surface area (TPSA) is 43.1 Å². The number of aromatic nitrogens is 4. The fraction of sp³-hybridized carbons (Fsp3) is 0.103. The molecule has 4 aromatic carbocycles. The first-order valence-corrected chi connectivity index (χ1v) is 14.8. The number of hydrogen-bond acceptors (Lipinski definition) is 3. The largest absolute Gasteiger partial charge is 0.253 e. The van der Waals surface area contributed by atoms with Gasteiger partial charge in [0, 0.05) is 34.0 Å². The average molecular weight is 557 g/mol. The Hall–Kier alpha value is -5.35. The predicted octanol–water partition coefficient (Wildman–Crippen LogP) is 9.99. The Morgan fingerprint density at radius 1 is 0.651 bits per heavy atom. The molecule has 7 aromatic rings. The van der Waals surface area contributed by atoms with Crippen molar-refractivity contribution < 1.29 is 0 Å². The molecule has 0 aliphatic carbocycles. The first kappa shape index (κ1) is 26.5. The van der Waals surface area contributed by atoms with Gasteiger partial charge >= 0.3 is 0 Å². The van der Waals surface area contributed by atoms with E-state index in [9.17, 15) is 0 Å². The van der Waals surface area contributed by atoms with Crippen molar-refractivity contribution >= 4 is 22.6 Å². The Bertz CT molecular complexity index is 2120. The van der Waals surface area contributed by atoms with Crippen LogP contribution in [0.2, 0.25) is 0 Å². The molecule has 7 rings (SSSR count). The Morgan fingerprint density at radius 3 is 2.14 bits per heavy atom. The summed E-state index contributed by atoms with van der Waals surface area (Å²) in [5.74, 6) is 0.697. The van der Waals surface area contributed by atoms with Crippen LogP contribution in [0.25, 0.3) is 67.4 Å². The van der Waals surface area contributed by atoms with E-state index >= 15 is 0 Å². The minimum absolute atomic E-state index is 0.697. The van der Waals surface area contributed by atoms with Gasteiger partial charge in [-0.2, -0.15) is 0 Å². The van der Waals surface area contributed by atoms with Crippen LogP contribution >= 0.6 is 0 Å². The van der Waals surface area contributed by atoms with Gasteiger partial charge in [-0.05, 0) is 71.8 Å². The van der Waals surface area contributed by atoms with Gasteiger partial charge in [-0.15, -0.1) is 5.10 Å². The molecule has 0 radical (unpaired) electrons. The molecule has 0 saturated heterocycles. The molecule has 0 aliphatic rings. The van der Waals surface area contributed by atoms with Crippen LogP contribution < -0.4 is 0 Å². The van der Waals surface area contributed by atoms with Crippen molar-refractivity contribution in [3.63, 3.8) is 0 Å².